The van der Waals surface area contributed by atoms with Crippen LogP contribution >= 0.6 is 11.6 Å². The van der Waals surface area contributed by atoms with E-state index in [4.69, 9.17) is 11.6 Å². The summed E-state index contributed by atoms with van der Waals surface area (Å²) in [4.78, 5) is 23.7. The van der Waals surface area contributed by atoms with Crippen LogP contribution in [-0.2, 0) is 17.8 Å². The van der Waals surface area contributed by atoms with Crippen molar-refractivity contribution in [3.8, 4) is 0 Å². The zero-order chi connectivity index (χ0) is 19.4. The van der Waals surface area contributed by atoms with Gasteiger partial charge in [-0.15, -0.1) is 0 Å². The highest BCUT2D eigenvalue weighted by Gasteiger charge is 2.14. The first-order valence-corrected chi connectivity index (χ1v) is 9.20. The Morgan fingerprint density at radius 1 is 1.27 bits per heavy atom. The van der Waals surface area contributed by atoms with E-state index in [1.807, 2.05) is 11.6 Å². The average molecular weight is 376 g/mol. The van der Waals surface area contributed by atoms with Crippen LogP contribution in [0.15, 0.2) is 18.2 Å². The van der Waals surface area contributed by atoms with Gasteiger partial charge >= 0.3 is 0 Å². The summed E-state index contributed by atoms with van der Waals surface area (Å²) in [6, 6.07) is 4.93. The molecule has 140 valence electrons. The SMILES string of the molecule is CC(=O)c1ccc(NC(=O)CCc2c(C)nn(CC(C)C)c2C)cc1Cl. The van der Waals surface area contributed by atoms with Crippen molar-refractivity contribution in [1.82, 2.24) is 9.78 Å². The summed E-state index contributed by atoms with van der Waals surface area (Å²) in [5.74, 6) is 0.330. The van der Waals surface area contributed by atoms with Crippen molar-refractivity contribution in [3.05, 3.63) is 45.7 Å². The molecule has 1 amide bonds. The van der Waals surface area contributed by atoms with Crippen LogP contribution < -0.4 is 5.32 Å². The van der Waals surface area contributed by atoms with Crippen molar-refractivity contribution < 1.29 is 9.59 Å². The van der Waals surface area contributed by atoms with E-state index >= 15 is 0 Å². The van der Waals surface area contributed by atoms with E-state index in [-0.39, 0.29) is 11.7 Å². The molecule has 0 aliphatic heterocycles. The van der Waals surface area contributed by atoms with E-state index in [9.17, 15) is 9.59 Å². The molecule has 1 aromatic heterocycles. The third-order valence-electron chi connectivity index (χ3n) is 4.30. The molecule has 1 N–H and O–H groups in total. The second-order valence-corrected chi connectivity index (χ2v) is 7.43. The number of benzene rings is 1. The van der Waals surface area contributed by atoms with Gasteiger partial charge < -0.3 is 5.32 Å². The molecule has 0 bridgehead atoms. The second kappa shape index (κ2) is 8.49. The van der Waals surface area contributed by atoms with Crippen molar-refractivity contribution in [2.75, 3.05) is 5.32 Å². The van der Waals surface area contributed by atoms with Gasteiger partial charge in [0.2, 0.25) is 5.91 Å². The van der Waals surface area contributed by atoms with Crippen LogP contribution in [0.5, 0.6) is 0 Å². The van der Waals surface area contributed by atoms with Gasteiger partial charge in [-0.1, -0.05) is 25.4 Å². The van der Waals surface area contributed by atoms with Crippen LogP contribution in [0.3, 0.4) is 0 Å². The Balaban J connectivity index is 2.00. The molecular formula is C20H26ClN3O2. The highest BCUT2D eigenvalue weighted by Crippen LogP contribution is 2.22. The Labute approximate surface area is 159 Å². The molecular weight excluding hydrogens is 350 g/mol. The quantitative estimate of drug-likeness (QED) is 0.720. The van der Waals surface area contributed by atoms with Gasteiger partial charge in [-0.25, -0.2) is 0 Å². The van der Waals surface area contributed by atoms with Crippen molar-refractivity contribution >= 4 is 29.0 Å². The lowest BCUT2D eigenvalue weighted by Gasteiger charge is -2.09. The Kier molecular flexibility index (Phi) is 6.59. The number of rotatable bonds is 7. The minimum absolute atomic E-state index is 0.0907. The standard InChI is InChI=1S/C20H26ClN3O2/c1-12(2)11-24-14(4)17(13(3)23-24)8-9-20(26)22-16-6-7-18(15(5)25)19(21)10-16/h6-7,10,12H,8-9,11H2,1-5H3,(H,22,26). The van der Waals surface area contributed by atoms with E-state index in [2.05, 4.69) is 31.2 Å². The number of carbonyl (C=O) groups excluding carboxylic acids is 2. The fourth-order valence-electron chi connectivity index (χ4n) is 2.96. The van der Waals surface area contributed by atoms with E-state index in [0.717, 1.165) is 23.5 Å². The molecule has 1 heterocycles. The monoisotopic (exact) mass is 375 g/mol. The number of anilines is 1. The Morgan fingerprint density at radius 2 is 1.96 bits per heavy atom. The number of aryl methyl sites for hydroxylation is 1. The number of hydrogen-bond donors (Lipinski definition) is 1. The van der Waals surface area contributed by atoms with Crippen molar-refractivity contribution in [2.45, 2.75) is 54.0 Å². The molecule has 2 rings (SSSR count). The van der Waals surface area contributed by atoms with Gasteiger partial charge in [0, 0.05) is 29.9 Å². The largest absolute Gasteiger partial charge is 0.326 e. The number of nitrogens with one attached hydrogen (secondary N) is 1. The molecule has 0 aliphatic carbocycles. The van der Waals surface area contributed by atoms with E-state index < -0.39 is 0 Å². The summed E-state index contributed by atoms with van der Waals surface area (Å²) in [5.41, 5.74) is 4.27. The fraction of sp³-hybridized carbons (Fsp3) is 0.450. The number of ketones is 1. The van der Waals surface area contributed by atoms with Gasteiger partial charge in [0.15, 0.2) is 5.78 Å². The van der Waals surface area contributed by atoms with Crippen LogP contribution in [-0.4, -0.2) is 21.5 Å². The third kappa shape index (κ3) is 4.94. The zero-order valence-corrected chi connectivity index (χ0v) is 16.8. The second-order valence-electron chi connectivity index (χ2n) is 7.02. The topological polar surface area (TPSA) is 64.0 Å². The highest BCUT2D eigenvalue weighted by atomic mass is 35.5. The molecule has 1 aromatic carbocycles. The predicted molar refractivity (Wildman–Crippen MR) is 105 cm³/mol. The fourth-order valence-corrected chi connectivity index (χ4v) is 3.27. The molecule has 0 unspecified atom stereocenters. The van der Waals surface area contributed by atoms with Crippen LogP contribution in [0.25, 0.3) is 0 Å². The molecule has 0 saturated heterocycles. The summed E-state index contributed by atoms with van der Waals surface area (Å²) in [6.45, 7) is 10.7. The summed E-state index contributed by atoms with van der Waals surface area (Å²) in [7, 11) is 0. The normalized spacial score (nSPS) is 11.0. The number of hydrogen-bond acceptors (Lipinski definition) is 3. The maximum absolute atomic E-state index is 12.3. The molecule has 6 heteroatoms. The lowest BCUT2D eigenvalue weighted by Crippen LogP contribution is -2.13. The number of halogens is 1. The molecule has 0 atom stereocenters. The lowest BCUT2D eigenvalue weighted by molar-refractivity contribution is -0.116. The summed E-state index contributed by atoms with van der Waals surface area (Å²) in [6.07, 6.45) is 1.00. The number of carbonyl (C=O) groups is 2. The number of nitrogens with zero attached hydrogens (tertiary/aromatic N) is 2. The van der Waals surface area contributed by atoms with Crippen molar-refractivity contribution in [2.24, 2.45) is 5.92 Å². The van der Waals surface area contributed by atoms with Gasteiger partial charge in [0.05, 0.1) is 10.7 Å². The molecule has 0 spiro atoms. The Bertz CT molecular complexity index is 825. The lowest BCUT2D eigenvalue weighted by atomic mass is 10.1. The highest BCUT2D eigenvalue weighted by molar-refractivity contribution is 6.34. The molecule has 0 radical (unpaired) electrons. The minimum Gasteiger partial charge on any atom is -0.326 e. The first-order valence-electron chi connectivity index (χ1n) is 8.82. The first-order chi connectivity index (χ1) is 12.2. The average Bonchev–Trinajstić information content (AvgIpc) is 2.78. The van der Waals surface area contributed by atoms with Gasteiger partial charge in [0.25, 0.3) is 0 Å². The van der Waals surface area contributed by atoms with E-state index in [0.29, 0.717) is 35.0 Å². The van der Waals surface area contributed by atoms with Gasteiger partial charge in [-0.05, 0) is 56.9 Å². The third-order valence-corrected chi connectivity index (χ3v) is 4.62. The minimum atomic E-state index is -0.0998. The molecule has 5 nitrogen and oxygen atoms in total. The first kappa shape index (κ1) is 20.2. The maximum Gasteiger partial charge on any atom is 0.224 e. The smallest absolute Gasteiger partial charge is 0.224 e. The number of amides is 1. The Hall–Kier alpha value is -2.14. The van der Waals surface area contributed by atoms with Crippen molar-refractivity contribution in [3.63, 3.8) is 0 Å². The molecule has 0 aliphatic rings. The molecule has 0 saturated carbocycles. The molecule has 2 aromatic rings. The number of Topliss-reactive ketones (excluding diaryl/α,β-unsaturated/α-hetero) is 1. The van der Waals surface area contributed by atoms with E-state index in [1.165, 1.54) is 6.92 Å². The van der Waals surface area contributed by atoms with Crippen LogP contribution in [0, 0.1) is 19.8 Å². The predicted octanol–water partition coefficient (Wildman–Crippen LogP) is 4.58. The Morgan fingerprint density at radius 3 is 2.54 bits per heavy atom. The van der Waals surface area contributed by atoms with Gasteiger partial charge in [-0.3, -0.25) is 14.3 Å². The zero-order valence-electron chi connectivity index (χ0n) is 16.0. The van der Waals surface area contributed by atoms with Gasteiger partial charge in [0.1, 0.15) is 0 Å². The van der Waals surface area contributed by atoms with Crippen LogP contribution in [0.1, 0.15) is 54.5 Å². The number of aromatic nitrogens is 2. The van der Waals surface area contributed by atoms with Crippen molar-refractivity contribution in [1.29, 1.82) is 0 Å². The van der Waals surface area contributed by atoms with E-state index in [1.54, 1.807) is 18.2 Å². The summed E-state index contributed by atoms with van der Waals surface area (Å²) < 4.78 is 2.02. The van der Waals surface area contributed by atoms with Crippen LogP contribution in [0.2, 0.25) is 5.02 Å². The van der Waals surface area contributed by atoms with Gasteiger partial charge in [-0.2, -0.15) is 5.10 Å². The molecule has 0 fully saturated rings. The summed E-state index contributed by atoms with van der Waals surface area (Å²) in [5, 5.41) is 7.77. The summed E-state index contributed by atoms with van der Waals surface area (Å²) >= 11 is 6.08. The molecule has 26 heavy (non-hydrogen) atoms. The maximum atomic E-state index is 12.3. The van der Waals surface area contributed by atoms with Crippen LogP contribution in [0.4, 0.5) is 5.69 Å².